The molecule has 3 radical (unpaired) electrons. The van der Waals surface area contributed by atoms with Crippen LogP contribution in [0.25, 0.3) is 10.8 Å². The molecule has 17 heteroatoms. The van der Waals surface area contributed by atoms with E-state index in [0.717, 1.165) is 0 Å². The second-order valence-corrected chi connectivity index (χ2v) is 9.41. The molecule has 46 heavy (non-hydrogen) atoms. The second-order valence-electron chi connectivity index (χ2n) is 7.20. The number of phenolic OH excluding ortho intramolecular Hbond substituents is 1. The van der Waals surface area contributed by atoms with Gasteiger partial charge in [-0.25, -0.2) is 5.26 Å². The largest absolute Gasteiger partial charge is 0.505 e. The number of hydrogen-bond acceptors (Lipinski definition) is 12. The number of anilines is 1. The summed E-state index contributed by atoms with van der Waals surface area (Å²) >= 11 is 0.660. The molecular weight excluding hydrogens is 861 g/mol. The Morgan fingerprint density at radius 2 is 1.20 bits per heavy atom. The number of rotatable bonds is 7. The van der Waals surface area contributed by atoms with Crippen molar-refractivity contribution in [1.82, 2.24) is 0 Å². The molecule has 0 atom stereocenters. The molecule has 0 fully saturated rings. The first-order valence-corrected chi connectivity index (χ1v) is 14.9. The van der Waals surface area contributed by atoms with Crippen molar-refractivity contribution in [2.45, 2.75) is 32.6 Å². The molecule has 0 aromatic heterocycles. The van der Waals surface area contributed by atoms with Crippen molar-refractivity contribution in [2.75, 3.05) is 12.0 Å². The molecule has 0 heterocycles. The molecule has 245 valence electrons. The van der Waals surface area contributed by atoms with E-state index in [1.165, 1.54) is 0 Å². The summed E-state index contributed by atoms with van der Waals surface area (Å²) < 4.78 is 30.4. The Balaban J connectivity index is -0.000000361. The monoisotopic (exact) mass is 900 g/mol. The van der Waals surface area contributed by atoms with Crippen LogP contribution in [0.1, 0.15) is 27.7 Å². The average Bonchev–Trinajstić information content (AvgIpc) is 2.97. The smallest absolute Gasteiger partial charge is 0.261 e. The van der Waals surface area contributed by atoms with E-state index in [9.17, 15) is 13.5 Å². The van der Waals surface area contributed by atoms with Gasteiger partial charge in [0.15, 0.2) is 5.75 Å². The van der Waals surface area contributed by atoms with Gasteiger partial charge >= 0.3 is 0 Å². The van der Waals surface area contributed by atoms with Gasteiger partial charge in [-0.3, -0.25) is 4.55 Å². The maximum Gasteiger partial charge on any atom is 0.261 e. The molecule has 0 aliphatic rings. The Morgan fingerprint density at radius 3 is 1.63 bits per heavy atom. The van der Waals surface area contributed by atoms with Crippen LogP contribution in [-0.2, 0) is 118 Å². The van der Waals surface area contributed by atoms with Gasteiger partial charge in [0.1, 0.15) is 11.4 Å². The van der Waals surface area contributed by atoms with Crippen molar-refractivity contribution in [3.05, 3.63) is 93.7 Å². The Hall–Kier alpha value is -0.608. The topological polar surface area (TPSA) is 189 Å². The van der Waals surface area contributed by atoms with Crippen molar-refractivity contribution >= 4 is 61.4 Å². The van der Waals surface area contributed by atoms with E-state index in [4.69, 9.17) is 15.5 Å². The van der Waals surface area contributed by atoms with Gasteiger partial charge in [-0.2, -0.15) is 18.6 Å². The molecule has 4 rings (SSSR count). The molecule has 0 aliphatic carbocycles. The third-order valence-electron chi connectivity index (χ3n) is 4.44. The van der Waals surface area contributed by atoms with E-state index in [0.29, 0.717) is 51.0 Å². The van der Waals surface area contributed by atoms with E-state index in [1.54, 1.807) is 30.3 Å². The fraction of sp³-hybridized carbons (Fsp3) is 0.172. The summed E-state index contributed by atoms with van der Waals surface area (Å²) in [6, 6.07) is 23.3. The molecule has 5 N–H and O–H groups in total. The SMILES string of the molecule is CC.CC.CS(=O)(=O)O.Nc1c(N=Nc2ccccc2)ccc2cc(SOOO)c(N=Nc3ccccc3)c(O)c12.[CH3-].[CH3-].[Y].[Y].[Y]. The van der Waals surface area contributed by atoms with E-state index in [1.807, 2.05) is 76.2 Å². The minimum absolute atomic E-state index is 0. The molecule has 0 spiro atoms. The van der Waals surface area contributed by atoms with E-state index >= 15 is 0 Å². The Labute approximate surface area is 352 Å². The number of nitrogens with two attached hydrogens (primary N) is 1. The average molecular weight is 901 g/mol. The Bertz CT molecular complexity index is 1530. The molecule has 0 bridgehead atoms. The fourth-order valence-corrected chi connectivity index (χ4v) is 3.46. The van der Waals surface area contributed by atoms with Gasteiger partial charge in [-0.1, -0.05) is 75.2 Å². The molecule has 4 aromatic carbocycles. The van der Waals surface area contributed by atoms with Crippen molar-refractivity contribution in [1.29, 1.82) is 0 Å². The number of azo groups is 2. The standard InChI is InChI=1S/C22H17N5O4S.2C2H6.CH4O3S.2CH3.3Y/c23-20-17(26-24-15-7-3-1-4-8-15)12-11-14-13-18(32-31-30-29)21(22(28)19(14)20)27-25-16-9-5-2-6-10-16;2*1-2;1-5(2,3)4;;;;;/h1-13,28-29H,23H2;2*1-2H3;1H3,(H,2,3,4);2*1H3;;;/q;;;;2*-1;;;. The van der Waals surface area contributed by atoms with Crippen molar-refractivity contribution in [3.63, 3.8) is 0 Å². The summed E-state index contributed by atoms with van der Waals surface area (Å²) in [5, 5.41) is 40.9. The van der Waals surface area contributed by atoms with Crippen LogP contribution in [0, 0.1) is 14.9 Å². The molecule has 4 aromatic rings. The predicted molar refractivity (Wildman–Crippen MR) is 175 cm³/mol. The van der Waals surface area contributed by atoms with Crippen LogP contribution in [0.4, 0.5) is 28.4 Å². The number of nitrogen functional groups attached to an aromatic ring is 1. The summed E-state index contributed by atoms with van der Waals surface area (Å²) in [5.74, 6) is -0.222. The van der Waals surface area contributed by atoms with Gasteiger partial charge in [-0.15, -0.1) is 14.6 Å². The van der Waals surface area contributed by atoms with Crippen LogP contribution in [0.2, 0.25) is 0 Å². The van der Waals surface area contributed by atoms with Crippen molar-refractivity contribution in [2.24, 2.45) is 20.5 Å². The molecule has 0 saturated carbocycles. The minimum atomic E-state index is -3.67. The Morgan fingerprint density at radius 1 is 0.761 bits per heavy atom. The van der Waals surface area contributed by atoms with Gasteiger partial charge in [0, 0.05) is 98.1 Å². The Kier molecular flexibility index (Phi) is 36.3. The van der Waals surface area contributed by atoms with Crippen LogP contribution in [0.5, 0.6) is 5.75 Å². The summed E-state index contributed by atoms with van der Waals surface area (Å²) in [7, 11) is -3.67. The predicted octanol–water partition coefficient (Wildman–Crippen LogP) is 9.84. The summed E-state index contributed by atoms with van der Waals surface area (Å²) in [6.45, 7) is 8.00. The van der Waals surface area contributed by atoms with E-state index in [2.05, 4.69) is 29.8 Å². The zero-order valence-corrected chi connectivity index (χ0v) is 37.0. The van der Waals surface area contributed by atoms with Gasteiger partial charge in [-0.05, 0) is 41.8 Å². The molecular formula is C29H39N5O7S2Y3-2. The summed E-state index contributed by atoms with van der Waals surface area (Å²) in [5.41, 5.74) is 8.28. The number of benzene rings is 4. The zero-order chi connectivity index (χ0) is 30.8. The fourth-order valence-electron chi connectivity index (χ4n) is 2.96. The van der Waals surface area contributed by atoms with E-state index in [-0.39, 0.29) is 130 Å². The zero-order valence-electron chi connectivity index (χ0n) is 26.9. The quantitative estimate of drug-likeness (QED) is 0.0266. The molecule has 0 aliphatic heterocycles. The second kappa shape index (κ2) is 30.5. The van der Waals surface area contributed by atoms with Crippen LogP contribution in [-0.4, -0.2) is 29.6 Å². The number of aromatic hydroxyl groups is 1. The summed E-state index contributed by atoms with van der Waals surface area (Å²) in [6.07, 6.45) is 0.715. The maximum atomic E-state index is 11.0. The first-order chi connectivity index (χ1) is 19.7. The van der Waals surface area contributed by atoms with Crippen LogP contribution in [0.3, 0.4) is 0 Å². The third-order valence-corrected chi connectivity index (χ3v) is 5.06. The van der Waals surface area contributed by atoms with Gasteiger partial charge in [0.05, 0.1) is 45.6 Å². The first kappa shape index (κ1) is 54.8. The normalized spacial score (nSPS) is 9.63. The molecule has 0 amide bonds. The van der Waals surface area contributed by atoms with Crippen molar-refractivity contribution in [3.8, 4) is 5.75 Å². The van der Waals surface area contributed by atoms with Crippen molar-refractivity contribution < 1.29 is 131 Å². The van der Waals surface area contributed by atoms with Crippen LogP contribution < -0.4 is 5.73 Å². The number of fused-ring (bicyclic) bond motifs is 1. The van der Waals surface area contributed by atoms with Crippen LogP contribution >= 0.6 is 12.0 Å². The molecule has 12 nitrogen and oxygen atoms in total. The molecule has 0 unspecified atom stereocenters. The first-order valence-electron chi connectivity index (χ1n) is 12.3. The van der Waals surface area contributed by atoms with Crippen LogP contribution in [0.15, 0.2) is 104 Å². The van der Waals surface area contributed by atoms with E-state index < -0.39 is 10.1 Å². The van der Waals surface area contributed by atoms with Gasteiger partial charge in [0.25, 0.3) is 10.1 Å². The number of phenols is 1. The maximum absolute atomic E-state index is 11.0. The number of nitrogens with zero attached hydrogens (tertiary/aromatic N) is 4. The summed E-state index contributed by atoms with van der Waals surface area (Å²) in [4.78, 5) is 0.349. The number of hydrogen-bond donors (Lipinski definition) is 4. The molecule has 0 saturated heterocycles. The van der Waals surface area contributed by atoms with Gasteiger partial charge < -0.3 is 25.7 Å². The third kappa shape index (κ3) is 20.0. The minimum Gasteiger partial charge on any atom is -0.505 e. The van der Waals surface area contributed by atoms with Gasteiger partial charge in [0.2, 0.25) is 0 Å².